The second kappa shape index (κ2) is 10.6. The Labute approximate surface area is 179 Å². The third kappa shape index (κ3) is 5.64. The minimum atomic E-state index is -0.262. The summed E-state index contributed by atoms with van der Waals surface area (Å²) in [5.74, 6) is 1.89. The number of likely N-dealkylation sites (N-methyl/N-ethyl adjacent to an activating group) is 1. The van der Waals surface area contributed by atoms with Crippen molar-refractivity contribution in [3.05, 3.63) is 53.3 Å². The molecule has 1 heterocycles. The molecule has 0 aliphatic carbocycles. The number of methoxy groups -OCH3 is 3. The molecule has 1 unspecified atom stereocenters. The number of nitrogens with zero attached hydrogens (tertiary/aromatic N) is 2. The molecule has 0 bridgehead atoms. The SMILES string of the molecule is COc1cc(F)ccc1CN1CCCC(N(C)CCc2ccc(OC)c(OC)c2)C1. The highest BCUT2D eigenvalue weighted by atomic mass is 19.1. The van der Waals surface area contributed by atoms with Crippen LogP contribution in [0.2, 0.25) is 0 Å². The van der Waals surface area contributed by atoms with E-state index >= 15 is 0 Å². The minimum Gasteiger partial charge on any atom is -0.496 e. The zero-order valence-electron chi connectivity index (χ0n) is 18.5. The summed E-state index contributed by atoms with van der Waals surface area (Å²) in [4.78, 5) is 4.89. The van der Waals surface area contributed by atoms with E-state index < -0.39 is 0 Å². The largest absolute Gasteiger partial charge is 0.496 e. The van der Waals surface area contributed by atoms with Gasteiger partial charge in [0.1, 0.15) is 11.6 Å². The van der Waals surface area contributed by atoms with Crippen molar-refractivity contribution in [2.45, 2.75) is 31.8 Å². The van der Waals surface area contributed by atoms with Crippen LogP contribution in [0.1, 0.15) is 24.0 Å². The topological polar surface area (TPSA) is 34.2 Å². The summed E-state index contributed by atoms with van der Waals surface area (Å²) >= 11 is 0. The summed E-state index contributed by atoms with van der Waals surface area (Å²) in [6.07, 6.45) is 3.31. The van der Waals surface area contributed by atoms with E-state index in [1.54, 1.807) is 21.3 Å². The van der Waals surface area contributed by atoms with E-state index in [-0.39, 0.29) is 5.82 Å². The Morgan fingerprint density at radius 1 is 1.00 bits per heavy atom. The van der Waals surface area contributed by atoms with E-state index in [1.165, 1.54) is 24.1 Å². The van der Waals surface area contributed by atoms with Crippen LogP contribution in [0.15, 0.2) is 36.4 Å². The number of rotatable bonds is 9. The van der Waals surface area contributed by atoms with Gasteiger partial charge in [-0.3, -0.25) is 4.90 Å². The van der Waals surface area contributed by atoms with Crippen LogP contribution in [0.3, 0.4) is 0 Å². The van der Waals surface area contributed by atoms with Crippen molar-refractivity contribution in [1.29, 1.82) is 0 Å². The number of ether oxygens (including phenoxy) is 3. The third-order valence-corrected chi connectivity index (χ3v) is 5.95. The number of likely N-dealkylation sites (tertiary alicyclic amines) is 1. The fourth-order valence-electron chi connectivity index (χ4n) is 4.15. The number of benzene rings is 2. The lowest BCUT2D eigenvalue weighted by atomic mass is 10.0. The summed E-state index contributed by atoms with van der Waals surface area (Å²) in [6.45, 7) is 3.82. The zero-order chi connectivity index (χ0) is 21.5. The molecule has 30 heavy (non-hydrogen) atoms. The molecule has 1 aliphatic rings. The third-order valence-electron chi connectivity index (χ3n) is 5.95. The van der Waals surface area contributed by atoms with Crippen molar-refractivity contribution < 1.29 is 18.6 Å². The van der Waals surface area contributed by atoms with Gasteiger partial charge in [0.15, 0.2) is 11.5 Å². The van der Waals surface area contributed by atoms with Crippen LogP contribution in [0.4, 0.5) is 4.39 Å². The highest BCUT2D eigenvalue weighted by Gasteiger charge is 2.24. The Morgan fingerprint density at radius 3 is 2.50 bits per heavy atom. The second-order valence-electron chi connectivity index (χ2n) is 7.91. The first-order chi connectivity index (χ1) is 14.5. The Kier molecular flexibility index (Phi) is 7.94. The Bertz CT molecular complexity index is 830. The van der Waals surface area contributed by atoms with E-state index in [0.717, 1.165) is 56.1 Å². The fraction of sp³-hybridized carbons (Fsp3) is 0.500. The van der Waals surface area contributed by atoms with Gasteiger partial charge in [-0.15, -0.1) is 0 Å². The Morgan fingerprint density at radius 2 is 1.77 bits per heavy atom. The molecule has 0 radical (unpaired) electrons. The Hall–Kier alpha value is -2.31. The van der Waals surface area contributed by atoms with Gasteiger partial charge in [-0.25, -0.2) is 4.39 Å². The molecular weight excluding hydrogens is 383 g/mol. The molecule has 6 heteroatoms. The van der Waals surface area contributed by atoms with Gasteiger partial charge in [0.2, 0.25) is 0 Å². The van der Waals surface area contributed by atoms with E-state index in [2.05, 4.69) is 29.0 Å². The maximum Gasteiger partial charge on any atom is 0.160 e. The van der Waals surface area contributed by atoms with Crippen LogP contribution in [0, 0.1) is 5.82 Å². The van der Waals surface area contributed by atoms with Crippen LogP contribution < -0.4 is 14.2 Å². The quantitative estimate of drug-likeness (QED) is 0.618. The molecule has 2 aromatic carbocycles. The van der Waals surface area contributed by atoms with Gasteiger partial charge in [-0.2, -0.15) is 0 Å². The lowest BCUT2D eigenvalue weighted by Crippen LogP contribution is -2.46. The number of piperidine rings is 1. The van der Waals surface area contributed by atoms with Crippen LogP contribution in [0.5, 0.6) is 17.2 Å². The molecular formula is C24H33FN2O3. The highest BCUT2D eigenvalue weighted by molar-refractivity contribution is 5.43. The minimum absolute atomic E-state index is 0.262. The first-order valence-electron chi connectivity index (χ1n) is 10.5. The number of hydrogen-bond donors (Lipinski definition) is 0. The van der Waals surface area contributed by atoms with Crippen molar-refractivity contribution in [1.82, 2.24) is 9.80 Å². The molecule has 2 aromatic rings. The zero-order valence-corrected chi connectivity index (χ0v) is 18.5. The Balaban J connectivity index is 1.56. The van der Waals surface area contributed by atoms with Gasteiger partial charge in [0.25, 0.3) is 0 Å². The summed E-state index contributed by atoms with van der Waals surface area (Å²) < 4.78 is 29.6. The highest BCUT2D eigenvalue weighted by Crippen LogP contribution is 2.28. The summed E-state index contributed by atoms with van der Waals surface area (Å²) in [6, 6.07) is 11.4. The second-order valence-corrected chi connectivity index (χ2v) is 7.91. The molecule has 1 saturated heterocycles. The van der Waals surface area contributed by atoms with Gasteiger partial charge in [-0.05, 0) is 56.6 Å². The molecule has 5 nitrogen and oxygen atoms in total. The average Bonchev–Trinajstić information content (AvgIpc) is 2.78. The van der Waals surface area contributed by atoms with Crippen molar-refractivity contribution >= 4 is 0 Å². The van der Waals surface area contributed by atoms with E-state index in [9.17, 15) is 4.39 Å². The molecule has 1 aliphatic heterocycles. The van der Waals surface area contributed by atoms with Crippen LogP contribution in [0.25, 0.3) is 0 Å². The number of hydrogen-bond acceptors (Lipinski definition) is 5. The van der Waals surface area contributed by atoms with Crippen molar-refractivity contribution in [3.8, 4) is 17.2 Å². The average molecular weight is 417 g/mol. The molecule has 164 valence electrons. The molecule has 0 spiro atoms. The number of halogens is 1. The summed E-state index contributed by atoms with van der Waals surface area (Å²) in [7, 11) is 7.12. The lowest BCUT2D eigenvalue weighted by Gasteiger charge is -2.38. The first kappa shape index (κ1) is 22.4. The van der Waals surface area contributed by atoms with Crippen LogP contribution in [-0.2, 0) is 13.0 Å². The molecule has 3 rings (SSSR count). The fourth-order valence-corrected chi connectivity index (χ4v) is 4.15. The smallest absolute Gasteiger partial charge is 0.160 e. The summed E-state index contributed by atoms with van der Waals surface area (Å²) in [5.41, 5.74) is 2.27. The monoisotopic (exact) mass is 416 g/mol. The normalized spacial score (nSPS) is 17.2. The van der Waals surface area contributed by atoms with Crippen LogP contribution >= 0.6 is 0 Å². The van der Waals surface area contributed by atoms with Gasteiger partial charge < -0.3 is 19.1 Å². The first-order valence-corrected chi connectivity index (χ1v) is 10.5. The van der Waals surface area contributed by atoms with Crippen molar-refractivity contribution in [3.63, 3.8) is 0 Å². The molecule has 0 amide bonds. The van der Waals surface area contributed by atoms with Crippen molar-refractivity contribution in [2.24, 2.45) is 0 Å². The molecule has 0 saturated carbocycles. The molecule has 1 fully saturated rings. The van der Waals surface area contributed by atoms with Gasteiger partial charge >= 0.3 is 0 Å². The maximum absolute atomic E-state index is 13.5. The van der Waals surface area contributed by atoms with E-state index in [0.29, 0.717) is 11.8 Å². The van der Waals surface area contributed by atoms with Crippen LogP contribution in [-0.4, -0.2) is 63.9 Å². The molecule has 1 atom stereocenters. The molecule has 0 aromatic heterocycles. The standard InChI is InChI=1S/C24H33FN2O3/c1-26(13-11-18-7-10-22(28-2)24(14-18)30-4)21-6-5-12-27(17-21)16-19-8-9-20(25)15-23(19)29-3/h7-10,14-15,21H,5-6,11-13,16-17H2,1-4H3. The van der Waals surface area contributed by atoms with Crippen molar-refractivity contribution in [2.75, 3.05) is 48.0 Å². The van der Waals surface area contributed by atoms with E-state index in [1.807, 2.05) is 12.1 Å². The predicted molar refractivity (Wildman–Crippen MR) is 117 cm³/mol. The van der Waals surface area contributed by atoms with Gasteiger partial charge in [0.05, 0.1) is 21.3 Å². The molecule has 0 N–H and O–H groups in total. The summed E-state index contributed by atoms with van der Waals surface area (Å²) in [5, 5.41) is 0. The van der Waals surface area contributed by atoms with E-state index in [4.69, 9.17) is 14.2 Å². The maximum atomic E-state index is 13.5. The van der Waals surface area contributed by atoms with Gasteiger partial charge in [-0.1, -0.05) is 12.1 Å². The lowest BCUT2D eigenvalue weighted by molar-refractivity contribution is 0.111. The predicted octanol–water partition coefficient (Wildman–Crippen LogP) is 3.99. The van der Waals surface area contributed by atoms with Gasteiger partial charge in [0, 0.05) is 37.3 Å².